The molecule has 2 rings (SSSR count). The van der Waals surface area contributed by atoms with Crippen molar-refractivity contribution in [1.29, 1.82) is 0 Å². The van der Waals surface area contributed by atoms with Crippen molar-refractivity contribution >= 4 is 22.0 Å². The fraction of sp³-hybridized carbons (Fsp3) is 0.857. The molecule has 2 aliphatic carbocycles. The van der Waals surface area contributed by atoms with Gasteiger partial charge < -0.3 is 7.43 Å². The molecular formula is C21H41ClFeN2Pd. The average molecular weight is 519 g/mol. The molecule has 0 aromatic rings. The molecule has 5 heteroatoms. The van der Waals surface area contributed by atoms with E-state index in [0.717, 1.165) is 11.8 Å². The van der Waals surface area contributed by atoms with Crippen molar-refractivity contribution in [3.8, 4) is 0 Å². The van der Waals surface area contributed by atoms with Crippen molar-refractivity contribution in [3.05, 3.63) is 7.43 Å². The van der Waals surface area contributed by atoms with E-state index in [1.165, 1.54) is 51.4 Å². The molecule has 0 amide bonds. The molecule has 2 fully saturated rings. The van der Waals surface area contributed by atoms with Gasteiger partial charge in [0.2, 0.25) is 0 Å². The first-order valence-electron chi connectivity index (χ1n) is 9.38. The Labute approximate surface area is 189 Å². The second-order valence-corrected chi connectivity index (χ2v) is 8.99. The molecule has 2 nitrogen and oxygen atoms in total. The first-order chi connectivity index (χ1) is 11.2. The van der Waals surface area contributed by atoms with Crippen molar-refractivity contribution in [2.45, 2.75) is 104 Å². The quantitative estimate of drug-likeness (QED) is 0.209. The van der Waals surface area contributed by atoms with Gasteiger partial charge in [-0.05, 0) is 79.1 Å². The van der Waals surface area contributed by atoms with Gasteiger partial charge in [0.25, 0.3) is 0 Å². The second-order valence-electron chi connectivity index (χ2n) is 8.99. The largest absolute Gasteiger partial charge is 0 e. The SMILES string of the molecule is CC(C)(C)N=CC1CCCC1.CC(C)(C)N=CC1CCCC1.[CH3-].[Cl][Pd+].[Fe]. The summed E-state index contributed by atoms with van der Waals surface area (Å²) in [5, 5.41) is 0. The van der Waals surface area contributed by atoms with Crippen LogP contribution in [0.25, 0.3) is 0 Å². The smallest absolute Gasteiger partial charge is 0 e. The van der Waals surface area contributed by atoms with Gasteiger partial charge >= 0.3 is 27.7 Å². The van der Waals surface area contributed by atoms with E-state index in [1.807, 2.05) is 0 Å². The van der Waals surface area contributed by atoms with Crippen LogP contribution in [0.1, 0.15) is 92.9 Å². The third kappa shape index (κ3) is 19.6. The zero-order valence-corrected chi connectivity index (χ0v) is 21.3. The van der Waals surface area contributed by atoms with Crippen LogP contribution in [0.4, 0.5) is 0 Å². The minimum atomic E-state index is 0. The van der Waals surface area contributed by atoms with Crippen LogP contribution in [0.2, 0.25) is 0 Å². The summed E-state index contributed by atoms with van der Waals surface area (Å²) in [4.78, 5) is 9.03. The van der Waals surface area contributed by atoms with E-state index in [2.05, 4.69) is 91.7 Å². The van der Waals surface area contributed by atoms with E-state index >= 15 is 0 Å². The van der Waals surface area contributed by atoms with Gasteiger partial charge in [-0.2, -0.15) is 0 Å². The molecule has 0 heterocycles. The van der Waals surface area contributed by atoms with Gasteiger partial charge in [0.1, 0.15) is 0 Å². The molecule has 0 N–H and O–H groups in total. The Morgan fingerprint density at radius 2 is 0.923 bits per heavy atom. The minimum absolute atomic E-state index is 0. The molecular weight excluding hydrogens is 478 g/mol. The van der Waals surface area contributed by atoms with E-state index in [-0.39, 0.29) is 35.6 Å². The number of nitrogens with zero attached hydrogens (tertiary/aromatic N) is 2. The van der Waals surface area contributed by atoms with Crippen LogP contribution in [0, 0.1) is 19.3 Å². The van der Waals surface area contributed by atoms with Gasteiger partial charge in [-0.25, -0.2) is 0 Å². The number of hydrogen-bond acceptors (Lipinski definition) is 2. The third-order valence-corrected chi connectivity index (χ3v) is 4.14. The Kier molecular flexibility index (Phi) is 20.3. The predicted molar refractivity (Wildman–Crippen MR) is 113 cm³/mol. The fourth-order valence-electron chi connectivity index (χ4n) is 2.87. The van der Waals surface area contributed by atoms with Crippen LogP contribution in [0.3, 0.4) is 0 Å². The molecule has 2 aliphatic rings. The van der Waals surface area contributed by atoms with Crippen LogP contribution in [0.5, 0.6) is 0 Å². The maximum atomic E-state index is 4.51. The van der Waals surface area contributed by atoms with E-state index in [9.17, 15) is 0 Å². The molecule has 0 radical (unpaired) electrons. The zero-order valence-electron chi connectivity index (χ0n) is 17.9. The molecule has 2 saturated carbocycles. The van der Waals surface area contributed by atoms with Crippen LogP contribution < -0.4 is 0 Å². The number of halogens is 1. The normalized spacial score (nSPS) is 18.7. The van der Waals surface area contributed by atoms with Gasteiger partial charge in [-0.15, -0.1) is 0 Å². The van der Waals surface area contributed by atoms with Crippen LogP contribution in [-0.2, 0) is 35.2 Å². The molecule has 160 valence electrons. The van der Waals surface area contributed by atoms with Crippen molar-refractivity contribution in [3.63, 3.8) is 0 Å². The maximum Gasteiger partial charge on any atom is 0 e. The molecule has 0 bridgehead atoms. The third-order valence-electron chi connectivity index (χ3n) is 4.14. The summed E-state index contributed by atoms with van der Waals surface area (Å²) in [7, 11) is 4.49. The Balaban J connectivity index is -0.000000347. The summed E-state index contributed by atoms with van der Waals surface area (Å²) in [6.07, 6.45) is 15.4. The summed E-state index contributed by atoms with van der Waals surface area (Å²) in [6, 6.07) is 0. The topological polar surface area (TPSA) is 24.7 Å². The van der Waals surface area contributed by atoms with E-state index in [4.69, 9.17) is 0 Å². The molecule has 0 unspecified atom stereocenters. The molecule has 0 aromatic carbocycles. The summed E-state index contributed by atoms with van der Waals surface area (Å²) < 4.78 is 0. The zero-order chi connectivity index (χ0) is 18.6. The molecule has 0 atom stereocenters. The predicted octanol–water partition coefficient (Wildman–Crippen LogP) is 7.23. The van der Waals surface area contributed by atoms with Gasteiger partial charge in [0, 0.05) is 29.5 Å². The summed E-state index contributed by atoms with van der Waals surface area (Å²) >= 11 is 2.22. The Bertz CT molecular complexity index is 325. The summed E-state index contributed by atoms with van der Waals surface area (Å²) in [5.74, 6) is 1.57. The van der Waals surface area contributed by atoms with Gasteiger partial charge in [-0.3, -0.25) is 9.98 Å². The maximum absolute atomic E-state index is 4.51. The van der Waals surface area contributed by atoms with Gasteiger partial charge in [0.05, 0.1) is 11.1 Å². The van der Waals surface area contributed by atoms with E-state index in [1.54, 1.807) is 0 Å². The second kappa shape index (κ2) is 16.7. The number of aliphatic imine (C=N–C) groups is 2. The summed E-state index contributed by atoms with van der Waals surface area (Å²) in [5.41, 5.74) is 0.255. The number of rotatable bonds is 2. The summed E-state index contributed by atoms with van der Waals surface area (Å²) in [6.45, 7) is 12.9. The van der Waals surface area contributed by atoms with Gasteiger partial charge in [-0.1, -0.05) is 25.7 Å². The Morgan fingerprint density at radius 1 is 0.692 bits per heavy atom. The van der Waals surface area contributed by atoms with Crippen molar-refractivity contribution < 1.29 is 35.2 Å². The fourth-order valence-corrected chi connectivity index (χ4v) is 2.87. The van der Waals surface area contributed by atoms with Crippen LogP contribution in [-0.4, -0.2) is 23.5 Å². The van der Waals surface area contributed by atoms with Gasteiger partial charge in [0.15, 0.2) is 0 Å². The minimum Gasteiger partial charge on any atom is 0 e. The van der Waals surface area contributed by atoms with E-state index in [0.29, 0.717) is 0 Å². The first-order valence-corrected chi connectivity index (χ1v) is 11.4. The number of hydrogen-bond donors (Lipinski definition) is 0. The van der Waals surface area contributed by atoms with Crippen LogP contribution >= 0.6 is 9.53 Å². The monoisotopic (exact) mass is 518 g/mol. The average Bonchev–Trinajstić information content (AvgIpc) is 3.18. The van der Waals surface area contributed by atoms with Crippen molar-refractivity contribution in [2.75, 3.05) is 0 Å². The standard InChI is InChI=1S/2C10H19N.CH3.ClH.Fe.Pd/c2*1-10(2,3)11-8-9-6-4-5-7-9;;;;/h2*8-9H,4-7H2,1-3H3;1H3;1H;;/q;;-1;;;+2/p-1. The molecule has 0 aromatic heterocycles. The van der Waals surface area contributed by atoms with Crippen molar-refractivity contribution in [2.24, 2.45) is 21.8 Å². The van der Waals surface area contributed by atoms with Crippen molar-refractivity contribution in [1.82, 2.24) is 0 Å². The molecule has 26 heavy (non-hydrogen) atoms. The van der Waals surface area contributed by atoms with E-state index < -0.39 is 0 Å². The Hall–Kier alpha value is 0.812. The molecule has 0 saturated heterocycles. The molecule has 0 spiro atoms. The van der Waals surface area contributed by atoms with Crippen LogP contribution in [0.15, 0.2) is 9.98 Å². The Morgan fingerprint density at radius 3 is 1.12 bits per heavy atom. The molecule has 0 aliphatic heterocycles. The first kappa shape index (κ1) is 31.5.